The van der Waals surface area contributed by atoms with Crippen molar-refractivity contribution < 1.29 is 19.4 Å². The number of ether oxygens (including phenoxy) is 2. The van der Waals surface area contributed by atoms with Gasteiger partial charge in [0.2, 0.25) is 0 Å². The second kappa shape index (κ2) is 10.4. The predicted molar refractivity (Wildman–Crippen MR) is 127 cm³/mol. The number of H-pyrrole nitrogens is 1. The predicted octanol–water partition coefficient (Wildman–Crippen LogP) is 4.59. The number of nitrogens with one attached hydrogen (secondary N) is 2. The van der Waals surface area contributed by atoms with Crippen LogP contribution in [0.5, 0.6) is 11.5 Å². The highest BCUT2D eigenvalue weighted by Crippen LogP contribution is 2.29. The van der Waals surface area contributed by atoms with Crippen LogP contribution in [0, 0.1) is 0 Å². The first-order valence-electron chi connectivity index (χ1n) is 10.4. The van der Waals surface area contributed by atoms with E-state index in [0.717, 1.165) is 27.6 Å². The molecule has 1 atom stereocenters. The maximum absolute atomic E-state index is 11.9. The normalized spacial score (nSPS) is 11.9. The molecule has 0 aliphatic rings. The highest BCUT2D eigenvalue weighted by Gasteiger charge is 2.19. The molecule has 0 aliphatic heterocycles. The van der Waals surface area contributed by atoms with E-state index in [-0.39, 0.29) is 0 Å². The quantitative estimate of drug-likeness (QED) is 0.296. The maximum atomic E-state index is 11.9. The third-order valence-corrected chi connectivity index (χ3v) is 5.58. The van der Waals surface area contributed by atoms with E-state index in [9.17, 15) is 9.90 Å². The molecule has 0 amide bonds. The molecule has 8 heteroatoms. The number of fused-ring (bicyclic) bond motifs is 1. The smallest absolute Gasteiger partial charge is 0.321 e. The molecule has 0 saturated heterocycles. The van der Waals surface area contributed by atoms with Gasteiger partial charge in [0.25, 0.3) is 0 Å². The Labute approximate surface area is 196 Å². The van der Waals surface area contributed by atoms with Crippen LogP contribution in [-0.2, 0) is 24.4 Å². The molecule has 0 saturated carbocycles. The molecule has 0 radical (unpaired) electrons. The first-order valence-corrected chi connectivity index (χ1v) is 10.8. The summed E-state index contributed by atoms with van der Waals surface area (Å²) in [5.74, 6) is 0.258. The van der Waals surface area contributed by atoms with Gasteiger partial charge in [-0.15, -0.1) is 0 Å². The van der Waals surface area contributed by atoms with Gasteiger partial charge in [-0.3, -0.25) is 4.79 Å². The molecular formula is C25H24ClN3O4. The lowest BCUT2D eigenvalue weighted by Gasteiger charge is -2.16. The van der Waals surface area contributed by atoms with Gasteiger partial charge in [0.15, 0.2) is 11.5 Å². The van der Waals surface area contributed by atoms with Crippen LogP contribution < -0.4 is 14.8 Å². The highest BCUT2D eigenvalue weighted by molar-refractivity contribution is 6.29. The van der Waals surface area contributed by atoms with E-state index < -0.39 is 12.0 Å². The summed E-state index contributed by atoms with van der Waals surface area (Å²) in [5, 5.41) is 14.3. The zero-order valence-electron chi connectivity index (χ0n) is 18.0. The average Bonchev–Trinajstić information content (AvgIpc) is 3.24. The van der Waals surface area contributed by atoms with Crippen molar-refractivity contribution in [3.05, 3.63) is 88.8 Å². The molecule has 4 aromatic rings. The Bertz CT molecular complexity index is 1240. The number of aromatic amines is 1. The van der Waals surface area contributed by atoms with Crippen LogP contribution in [0.15, 0.2) is 67.0 Å². The number of hydrogen-bond donors (Lipinski definition) is 3. The second-order valence-corrected chi connectivity index (χ2v) is 7.99. The van der Waals surface area contributed by atoms with Crippen molar-refractivity contribution in [3.63, 3.8) is 0 Å². The molecule has 170 valence electrons. The summed E-state index contributed by atoms with van der Waals surface area (Å²) < 4.78 is 11.3. The summed E-state index contributed by atoms with van der Waals surface area (Å²) in [7, 11) is 1.57. The molecular weight excluding hydrogens is 442 g/mol. The van der Waals surface area contributed by atoms with Crippen LogP contribution >= 0.6 is 11.6 Å². The lowest BCUT2D eigenvalue weighted by Crippen LogP contribution is -2.38. The van der Waals surface area contributed by atoms with E-state index in [1.54, 1.807) is 19.4 Å². The first-order chi connectivity index (χ1) is 16.0. The Balaban J connectivity index is 1.40. The Morgan fingerprint density at radius 1 is 1.15 bits per heavy atom. The molecule has 0 spiro atoms. The molecule has 7 nitrogen and oxygen atoms in total. The van der Waals surface area contributed by atoms with Gasteiger partial charge in [-0.05, 0) is 35.4 Å². The average molecular weight is 466 g/mol. The number of methoxy groups -OCH3 is 1. The fourth-order valence-corrected chi connectivity index (χ4v) is 3.71. The standard InChI is InChI=1S/C25H24ClN3O4/c1-32-23-10-16(6-8-22(23)33-15-17-7-9-24(26)29-13-17)12-27-21(25(30)31)11-18-14-28-20-5-3-2-4-19(18)20/h2-10,13-14,21,27-28H,11-12,15H2,1H3,(H,30,31)/t21-/m1/s1. The van der Waals surface area contributed by atoms with Crippen molar-refractivity contribution in [2.45, 2.75) is 25.6 Å². The van der Waals surface area contributed by atoms with Crippen molar-refractivity contribution in [1.82, 2.24) is 15.3 Å². The highest BCUT2D eigenvalue weighted by atomic mass is 35.5. The molecule has 33 heavy (non-hydrogen) atoms. The van der Waals surface area contributed by atoms with E-state index >= 15 is 0 Å². The molecule has 2 aromatic carbocycles. The van der Waals surface area contributed by atoms with Crippen LogP contribution in [0.2, 0.25) is 5.15 Å². The van der Waals surface area contributed by atoms with E-state index in [2.05, 4.69) is 15.3 Å². The number of carbonyl (C=O) groups is 1. The number of carboxylic acids is 1. The van der Waals surface area contributed by atoms with Crippen molar-refractivity contribution in [2.24, 2.45) is 0 Å². The zero-order chi connectivity index (χ0) is 23.2. The van der Waals surface area contributed by atoms with Crippen molar-refractivity contribution in [2.75, 3.05) is 7.11 Å². The number of para-hydroxylation sites is 1. The SMILES string of the molecule is COc1cc(CN[C@H](Cc2c[nH]c3ccccc23)C(=O)O)ccc1OCc1ccc(Cl)nc1. The number of halogens is 1. The van der Waals surface area contributed by atoms with Crippen LogP contribution in [0.1, 0.15) is 16.7 Å². The fourth-order valence-electron chi connectivity index (χ4n) is 3.60. The third kappa shape index (κ3) is 5.63. The van der Waals surface area contributed by atoms with Crippen LogP contribution in [0.25, 0.3) is 10.9 Å². The molecule has 3 N–H and O–H groups in total. The molecule has 2 aromatic heterocycles. The summed E-state index contributed by atoms with van der Waals surface area (Å²) in [6.07, 6.45) is 3.90. The molecule has 0 bridgehead atoms. The van der Waals surface area contributed by atoms with Crippen LogP contribution in [0.4, 0.5) is 0 Å². The summed E-state index contributed by atoms with van der Waals surface area (Å²) in [6, 6.07) is 16.2. The molecule has 2 heterocycles. The van der Waals surface area contributed by atoms with Gasteiger partial charge in [-0.25, -0.2) is 4.98 Å². The van der Waals surface area contributed by atoms with Gasteiger partial charge in [0, 0.05) is 41.8 Å². The number of carboxylic acid groups (broad SMARTS) is 1. The monoisotopic (exact) mass is 465 g/mol. The van der Waals surface area contributed by atoms with Gasteiger partial charge in [0.1, 0.15) is 17.8 Å². The summed E-state index contributed by atoms with van der Waals surface area (Å²) in [6.45, 7) is 0.695. The Kier molecular flexibility index (Phi) is 7.12. The van der Waals surface area contributed by atoms with Gasteiger partial charge in [-0.2, -0.15) is 0 Å². The Morgan fingerprint density at radius 2 is 1.97 bits per heavy atom. The lowest BCUT2D eigenvalue weighted by molar-refractivity contribution is -0.139. The number of aromatic nitrogens is 2. The molecule has 0 fully saturated rings. The fraction of sp³-hybridized carbons (Fsp3) is 0.200. The number of benzene rings is 2. The maximum Gasteiger partial charge on any atom is 0.321 e. The molecule has 0 aliphatic carbocycles. The number of nitrogens with zero attached hydrogens (tertiary/aromatic N) is 1. The van der Waals surface area contributed by atoms with Crippen molar-refractivity contribution in [3.8, 4) is 11.5 Å². The molecule has 4 rings (SSSR count). The van der Waals surface area contributed by atoms with Gasteiger partial charge < -0.3 is 24.9 Å². The van der Waals surface area contributed by atoms with Gasteiger partial charge in [-0.1, -0.05) is 41.9 Å². The summed E-state index contributed by atoms with van der Waals surface area (Å²) in [4.78, 5) is 19.1. The van der Waals surface area contributed by atoms with E-state index in [4.69, 9.17) is 21.1 Å². The number of hydrogen-bond acceptors (Lipinski definition) is 5. The van der Waals surface area contributed by atoms with Crippen molar-refractivity contribution >= 4 is 28.5 Å². The lowest BCUT2D eigenvalue weighted by atomic mass is 10.0. The van der Waals surface area contributed by atoms with Gasteiger partial charge in [0.05, 0.1) is 7.11 Å². The number of pyridine rings is 1. The third-order valence-electron chi connectivity index (χ3n) is 5.36. The van der Waals surface area contributed by atoms with Crippen molar-refractivity contribution in [1.29, 1.82) is 0 Å². The van der Waals surface area contributed by atoms with E-state index in [1.165, 1.54) is 0 Å². The minimum atomic E-state index is -0.899. The summed E-state index contributed by atoms with van der Waals surface area (Å²) >= 11 is 5.81. The first kappa shape index (κ1) is 22.6. The second-order valence-electron chi connectivity index (χ2n) is 7.60. The van der Waals surface area contributed by atoms with Crippen LogP contribution in [-0.4, -0.2) is 34.2 Å². The van der Waals surface area contributed by atoms with E-state index in [1.807, 2.05) is 54.7 Å². The number of rotatable bonds is 10. The number of aliphatic carboxylic acids is 1. The topological polar surface area (TPSA) is 96.5 Å². The minimum Gasteiger partial charge on any atom is -0.493 e. The Morgan fingerprint density at radius 3 is 2.73 bits per heavy atom. The Hall–Kier alpha value is -3.55. The summed E-state index contributed by atoms with van der Waals surface area (Å²) in [5.41, 5.74) is 3.72. The zero-order valence-corrected chi connectivity index (χ0v) is 18.8. The largest absolute Gasteiger partial charge is 0.493 e. The molecule has 0 unspecified atom stereocenters. The van der Waals surface area contributed by atoms with Crippen LogP contribution in [0.3, 0.4) is 0 Å². The van der Waals surface area contributed by atoms with Gasteiger partial charge >= 0.3 is 5.97 Å². The minimum absolute atomic E-state index is 0.323. The van der Waals surface area contributed by atoms with E-state index in [0.29, 0.717) is 36.2 Å².